The number of nitrogens with zero attached hydrogens (tertiary/aromatic N) is 10. The van der Waals surface area contributed by atoms with Gasteiger partial charge in [0.15, 0.2) is 5.65 Å². The van der Waals surface area contributed by atoms with Crippen molar-refractivity contribution in [1.82, 2.24) is 44.2 Å². The normalized spacial score (nSPS) is 20.6. The van der Waals surface area contributed by atoms with Crippen LogP contribution in [0.3, 0.4) is 0 Å². The van der Waals surface area contributed by atoms with Crippen molar-refractivity contribution in [3.63, 3.8) is 0 Å². The summed E-state index contributed by atoms with van der Waals surface area (Å²) in [6.07, 6.45) is 5.19. The van der Waals surface area contributed by atoms with E-state index in [-0.39, 0.29) is 30.0 Å². The number of fused-ring (bicyclic) bond motifs is 4. The van der Waals surface area contributed by atoms with Gasteiger partial charge in [0.1, 0.15) is 11.5 Å². The number of aromatic nitrogens is 4. The summed E-state index contributed by atoms with van der Waals surface area (Å²) < 4.78 is 1.28. The number of hydrogen-bond donors (Lipinski definition) is 2. The van der Waals surface area contributed by atoms with Crippen LogP contribution in [0.25, 0.3) is 22.3 Å². The first-order chi connectivity index (χ1) is 29.5. The molecule has 11 rings (SSSR count). The Morgan fingerprint density at radius 3 is 2.31 bits per heavy atom. The molecule has 0 radical (unpaired) electrons. The number of hydrogen-bond acceptors (Lipinski definition) is 12. The molecule has 0 spiro atoms. The maximum absolute atomic E-state index is 13.4. The summed E-state index contributed by atoms with van der Waals surface area (Å²) in [4.78, 5) is 86.5. The number of anilines is 4. The van der Waals surface area contributed by atoms with Gasteiger partial charge in [0.25, 0.3) is 17.7 Å². The molecule has 2 atom stereocenters. The average molecular weight is 843 g/mol. The molecule has 5 aromatic rings. The van der Waals surface area contributed by atoms with E-state index >= 15 is 0 Å². The summed E-state index contributed by atoms with van der Waals surface area (Å²) >= 11 is 6.68. The molecule has 2 unspecified atom stereocenters. The van der Waals surface area contributed by atoms with Crippen molar-refractivity contribution in [2.45, 2.75) is 37.8 Å². The Kier molecular flexibility index (Phi) is 9.59. The van der Waals surface area contributed by atoms with E-state index in [1.54, 1.807) is 32.3 Å². The number of rotatable bonds is 9. The Morgan fingerprint density at radius 1 is 0.869 bits per heavy atom. The van der Waals surface area contributed by atoms with Gasteiger partial charge in [-0.15, -0.1) is 0 Å². The van der Waals surface area contributed by atoms with Gasteiger partial charge in [0, 0.05) is 93.7 Å². The lowest BCUT2D eigenvalue weighted by molar-refractivity contribution is -0.122. The van der Waals surface area contributed by atoms with Gasteiger partial charge in [-0.2, -0.15) is 9.99 Å². The van der Waals surface area contributed by atoms with Gasteiger partial charge in [-0.05, 0) is 61.6 Å². The Labute approximate surface area is 355 Å². The number of piperazine rings is 1. The fraction of sp³-hybridized carbons (Fsp3) is 0.349. The molecule has 2 aromatic carbocycles. The number of carbonyl (C=O) groups excluding carboxylic acids is 5. The number of pyridine rings is 1. The summed E-state index contributed by atoms with van der Waals surface area (Å²) in [5.74, 6) is -0.308. The fourth-order valence-electron chi connectivity index (χ4n) is 9.30. The molecule has 2 bridgehead atoms. The second-order valence-electron chi connectivity index (χ2n) is 16.5. The SMILES string of the molecule is CN(C)C(=O)c1cc2c(-c3ccccc3)nc(Nc3ccc(N4CCC(CN5C6CC5CN(c5ccc7c(c5)C(=O)N(N5CCC(=O)NC5=O)C7=O)C6)CC4)cn3)nc2n1Cl. The molecule has 0 aliphatic carbocycles. The Hall–Kier alpha value is -6.59. The number of imide groups is 2. The van der Waals surface area contributed by atoms with Crippen molar-refractivity contribution >= 4 is 75.6 Å². The number of carbonyl (C=O) groups is 5. The van der Waals surface area contributed by atoms with E-state index in [0.29, 0.717) is 52.2 Å². The molecule has 0 saturated carbocycles. The summed E-state index contributed by atoms with van der Waals surface area (Å²) in [6, 6.07) is 20.8. The van der Waals surface area contributed by atoms with Crippen LogP contribution < -0.4 is 20.4 Å². The van der Waals surface area contributed by atoms with Crippen LogP contribution >= 0.6 is 11.8 Å². The lowest BCUT2D eigenvalue weighted by Crippen LogP contribution is -2.69. The number of benzene rings is 2. The highest BCUT2D eigenvalue weighted by Gasteiger charge is 2.47. The highest BCUT2D eigenvalue weighted by molar-refractivity contribution is 6.23. The van der Waals surface area contributed by atoms with Crippen molar-refractivity contribution < 1.29 is 24.0 Å². The summed E-state index contributed by atoms with van der Waals surface area (Å²) in [5.41, 5.74) is 4.70. The van der Waals surface area contributed by atoms with E-state index in [1.807, 2.05) is 48.7 Å². The van der Waals surface area contributed by atoms with Crippen LogP contribution in [-0.2, 0) is 4.79 Å². The zero-order valence-electron chi connectivity index (χ0n) is 33.6. The molecular weight excluding hydrogens is 800 g/mol. The van der Waals surface area contributed by atoms with Gasteiger partial charge >= 0.3 is 6.03 Å². The van der Waals surface area contributed by atoms with Gasteiger partial charge in [0.2, 0.25) is 11.9 Å². The topological polar surface area (TPSA) is 172 Å². The molecule has 18 heteroatoms. The molecule has 17 nitrogen and oxygen atoms in total. The largest absolute Gasteiger partial charge is 0.370 e. The van der Waals surface area contributed by atoms with Gasteiger partial charge in [-0.1, -0.05) is 30.3 Å². The second-order valence-corrected chi connectivity index (χ2v) is 16.8. The highest BCUT2D eigenvalue weighted by atomic mass is 35.5. The Morgan fingerprint density at radius 2 is 1.61 bits per heavy atom. The predicted molar refractivity (Wildman–Crippen MR) is 228 cm³/mol. The molecule has 3 aromatic heterocycles. The molecule has 6 aliphatic rings. The summed E-state index contributed by atoms with van der Waals surface area (Å²) in [5, 5.41) is 7.97. The number of urea groups is 1. The molecule has 2 N–H and O–H groups in total. The third kappa shape index (κ3) is 6.86. The van der Waals surface area contributed by atoms with Crippen molar-refractivity contribution in [2.75, 3.05) is 68.5 Å². The monoisotopic (exact) mass is 842 g/mol. The van der Waals surface area contributed by atoms with Crippen LogP contribution in [0, 0.1) is 5.92 Å². The smallest absolute Gasteiger partial charge is 0.343 e. The number of piperidine rings is 2. The number of hydrazine groups is 1. The van der Waals surface area contributed by atoms with Crippen LogP contribution in [0.5, 0.6) is 0 Å². The first kappa shape index (κ1) is 38.6. The number of amides is 6. The minimum absolute atomic E-state index is 0.0179. The van der Waals surface area contributed by atoms with E-state index in [0.717, 1.165) is 78.9 Å². The van der Waals surface area contributed by atoms with Crippen molar-refractivity contribution in [1.29, 1.82) is 0 Å². The molecule has 5 fully saturated rings. The van der Waals surface area contributed by atoms with Crippen molar-refractivity contribution in [2.24, 2.45) is 5.92 Å². The van der Waals surface area contributed by atoms with Crippen molar-refractivity contribution in [3.05, 3.63) is 89.7 Å². The molecule has 6 aliphatic heterocycles. The second kappa shape index (κ2) is 15.1. The van der Waals surface area contributed by atoms with Gasteiger partial charge in [-0.3, -0.25) is 29.4 Å². The molecule has 6 amide bonds. The lowest BCUT2D eigenvalue weighted by atomic mass is 9.84. The first-order valence-corrected chi connectivity index (χ1v) is 20.8. The van der Waals surface area contributed by atoms with E-state index < -0.39 is 23.8 Å². The fourth-order valence-corrected chi connectivity index (χ4v) is 9.55. The zero-order chi connectivity index (χ0) is 42.1. The average Bonchev–Trinajstić information content (AvgIpc) is 3.73. The maximum Gasteiger partial charge on any atom is 0.343 e. The molecule has 5 saturated heterocycles. The van der Waals surface area contributed by atoms with Gasteiger partial charge in [0.05, 0.1) is 35.2 Å². The van der Waals surface area contributed by atoms with Gasteiger partial charge < -0.3 is 20.0 Å². The van der Waals surface area contributed by atoms with Crippen LogP contribution in [0.4, 0.5) is 27.9 Å². The quantitative estimate of drug-likeness (QED) is 0.199. The minimum atomic E-state index is -0.771. The third-order valence-electron chi connectivity index (χ3n) is 12.5. The molecule has 9 heterocycles. The van der Waals surface area contributed by atoms with E-state index in [1.165, 1.54) is 8.99 Å². The first-order valence-electron chi connectivity index (χ1n) is 20.5. The zero-order valence-corrected chi connectivity index (χ0v) is 34.4. The predicted octanol–water partition coefficient (Wildman–Crippen LogP) is 4.57. The molecular formula is C43H43ClN12O5. The van der Waals surface area contributed by atoms with Crippen LogP contribution in [-0.4, -0.2) is 134 Å². The van der Waals surface area contributed by atoms with E-state index in [4.69, 9.17) is 21.7 Å². The highest BCUT2D eigenvalue weighted by Crippen LogP contribution is 2.39. The summed E-state index contributed by atoms with van der Waals surface area (Å²) in [7, 11) is 3.35. The minimum Gasteiger partial charge on any atom is -0.370 e. The maximum atomic E-state index is 13.4. The number of halogens is 1. The lowest BCUT2D eigenvalue weighted by Gasteiger charge is -2.58. The summed E-state index contributed by atoms with van der Waals surface area (Å²) in [6.45, 7) is 4.57. The third-order valence-corrected chi connectivity index (χ3v) is 12.9. The Balaban J connectivity index is 0.746. The standard InChI is InChI=1S/C43H43ClN12O5/c1-50(2)41(60)34-20-33-37(26-6-4-3-5-7-26)48-42(49-38(33)55(34)44)46-35-11-9-28(21-45-35)51-15-12-25(13-16-51)22-53-29-18-30(53)24-52(23-29)27-8-10-31-32(19-27)40(59)56(39(31)58)54-17-14-36(57)47-43(54)61/h3-11,19-21,25,29-30H,12-18,22-24H2,1-2H3,(H,47,57,61)(H,45,46,48,49). The van der Waals surface area contributed by atoms with E-state index in [9.17, 15) is 24.0 Å². The van der Waals surface area contributed by atoms with Crippen molar-refractivity contribution in [3.8, 4) is 11.3 Å². The van der Waals surface area contributed by atoms with Gasteiger partial charge in [-0.25, -0.2) is 23.9 Å². The Bertz CT molecular complexity index is 2600. The molecule has 312 valence electrons. The van der Waals surface area contributed by atoms with E-state index in [2.05, 4.69) is 36.4 Å². The molecule has 61 heavy (non-hydrogen) atoms. The van der Waals surface area contributed by atoms with Crippen LogP contribution in [0.2, 0.25) is 0 Å². The number of nitrogens with one attached hydrogen (secondary N) is 2. The van der Waals surface area contributed by atoms with Crippen LogP contribution in [0.1, 0.15) is 56.9 Å². The van der Waals surface area contributed by atoms with Crippen LogP contribution in [0.15, 0.2) is 72.9 Å².